The summed E-state index contributed by atoms with van der Waals surface area (Å²) in [6.45, 7) is 2.49. The molecule has 1 N–H and O–H groups in total. The molecule has 2 rings (SSSR count). The van der Waals surface area contributed by atoms with Crippen LogP contribution in [0.25, 0.3) is 0 Å². The van der Waals surface area contributed by atoms with Gasteiger partial charge in [0, 0.05) is 18.7 Å². The number of furan rings is 1. The van der Waals surface area contributed by atoms with Crippen molar-refractivity contribution in [1.82, 2.24) is 10.2 Å². The maximum absolute atomic E-state index is 13.2. The molecule has 0 radical (unpaired) electrons. The summed E-state index contributed by atoms with van der Waals surface area (Å²) in [7, 11) is 3.92. The third-order valence-electron chi connectivity index (χ3n) is 3.50. The highest BCUT2D eigenvalue weighted by molar-refractivity contribution is 5.21. The maximum Gasteiger partial charge on any atom is 0.126 e. The van der Waals surface area contributed by atoms with Crippen molar-refractivity contribution in [3.63, 3.8) is 0 Å². The van der Waals surface area contributed by atoms with Gasteiger partial charge in [0.05, 0.1) is 12.3 Å². The van der Waals surface area contributed by atoms with Crippen molar-refractivity contribution in [2.45, 2.75) is 19.0 Å². The molecule has 3 nitrogen and oxygen atoms in total. The highest BCUT2D eigenvalue weighted by atomic mass is 19.1. The van der Waals surface area contributed by atoms with E-state index in [2.05, 4.69) is 5.32 Å². The van der Waals surface area contributed by atoms with E-state index in [4.69, 9.17) is 4.42 Å². The number of likely N-dealkylation sites (N-methyl/N-ethyl adjacent to an activating group) is 1. The molecule has 0 spiro atoms. The zero-order chi connectivity index (χ0) is 15.4. The Morgan fingerprint density at radius 2 is 1.86 bits per heavy atom. The second-order valence-electron chi connectivity index (χ2n) is 5.33. The average molecular weight is 294 g/mol. The van der Waals surface area contributed by atoms with Gasteiger partial charge >= 0.3 is 0 Å². The highest BCUT2D eigenvalue weighted by Gasteiger charge is 2.18. The van der Waals surface area contributed by atoms with E-state index in [1.165, 1.54) is 12.1 Å². The Hall–Kier alpha value is -1.72. The lowest BCUT2D eigenvalue weighted by atomic mass is 10.1. The first kappa shape index (κ1) is 15.7. The third-order valence-corrected chi connectivity index (χ3v) is 3.50. The van der Waals surface area contributed by atoms with E-state index >= 15 is 0 Å². The van der Waals surface area contributed by atoms with Crippen molar-refractivity contribution in [2.24, 2.45) is 0 Å². The summed E-state index contributed by atoms with van der Waals surface area (Å²) in [5.41, 5.74) is 0.587. The molecule has 21 heavy (non-hydrogen) atoms. The van der Waals surface area contributed by atoms with Crippen molar-refractivity contribution < 1.29 is 13.2 Å². The van der Waals surface area contributed by atoms with Crippen LogP contribution in [0.15, 0.2) is 41.0 Å². The molecule has 1 aromatic carbocycles. The SMILES string of the molecule is CC(NCC(c1ccco1)N(C)C)c1cc(F)cc(F)c1. The molecular formula is C16H20F2N2O. The molecule has 2 unspecified atom stereocenters. The number of hydrogen-bond acceptors (Lipinski definition) is 3. The van der Waals surface area contributed by atoms with Crippen LogP contribution < -0.4 is 5.32 Å². The Morgan fingerprint density at radius 3 is 2.38 bits per heavy atom. The summed E-state index contributed by atoms with van der Waals surface area (Å²) < 4.78 is 31.9. The van der Waals surface area contributed by atoms with Crippen LogP contribution in [-0.2, 0) is 0 Å². The van der Waals surface area contributed by atoms with Gasteiger partial charge in [0.2, 0.25) is 0 Å². The fourth-order valence-electron chi connectivity index (χ4n) is 2.25. The molecule has 114 valence electrons. The number of rotatable bonds is 6. The Morgan fingerprint density at radius 1 is 1.19 bits per heavy atom. The van der Waals surface area contributed by atoms with Crippen LogP contribution in [0.1, 0.15) is 30.3 Å². The Bertz CT molecular complexity index is 549. The smallest absolute Gasteiger partial charge is 0.126 e. The number of nitrogens with zero attached hydrogens (tertiary/aromatic N) is 1. The van der Waals surface area contributed by atoms with Gasteiger partial charge in [0.1, 0.15) is 17.4 Å². The lowest BCUT2D eigenvalue weighted by Crippen LogP contribution is -2.32. The normalized spacial score (nSPS) is 14.4. The quantitative estimate of drug-likeness (QED) is 0.883. The van der Waals surface area contributed by atoms with Crippen LogP contribution in [0.5, 0.6) is 0 Å². The summed E-state index contributed by atoms with van der Waals surface area (Å²) in [6, 6.07) is 7.22. The van der Waals surface area contributed by atoms with E-state index in [-0.39, 0.29) is 12.1 Å². The minimum atomic E-state index is -0.561. The number of halogens is 2. The van der Waals surface area contributed by atoms with Gasteiger partial charge in [-0.1, -0.05) is 0 Å². The maximum atomic E-state index is 13.2. The molecular weight excluding hydrogens is 274 g/mol. The summed E-state index contributed by atoms with van der Waals surface area (Å²) in [5, 5.41) is 3.29. The Labute approximate surface area is 123 Å². The van der Waals surface area contributed by atoms with E-state index in [0.717, 1.165) is 11.8 Å². The summed E-state index contributed by atoms with van der Waals surface area (Å²) in [4.78, 5) is 2.03. The highest BCUT2D eigenvalue weighted by Crippen LogP contribution is 2.20. The molecule has 0 amide bonds. The standard InChI is InChI=1S/C16H20F2N2O/c1-11(12-7-13(17)9-14(18)8-12)19-10-15(20(2)3)16-5-4-6-21-16/h4-9,11,15,19H,10H2,1-3H3. The predicted molar refractivity (Wildman–Crippen MR) is 77.9 cm³/mol. The fourth-order valence-corrected chi connectivity index (χ4v) is 2.25. The van der Waals surface area contributed by atoms with Crippen molar-refractivity contribution in [1.29, 1.82) is 0 Å². The number of benzene rings is 1. The van der Waals surface area contributed by atoms with Gasteiger partial charge in [0.25, 0.3) is 0 Å². The van der Waals surface area contributed by atoms with Gasteiger partial charge in [-0.3, -0.25) is 4.90 Å². The van der Waals surface area contributed by atoms with Gasteiger partial charge in [0.15, 0.2) is 0 Å². The monoisotopic (exact) mass is 294 g/mol. The van der Waals surface area contributed by atoms with Gasteiger partial charge in [-0.05, 0) is 50.8 Å². The largest absolute Gasteiger partial charge is 0.468 e. The molecule has 0 saturated heterocycles. The van der Waals surface area contributed by atoms with E-state index in [9.17, 15) is 8.78 Å². The van der Waals surface area contributed by atoms with Gasteiger partial charge < -0.3 is 9.73 Å². The average Bonchev–Trinajstić information content (AvgIpc) is 2.91. The van der Waals surface area contributed by atoms with Gasteiger partial charge in [-0.25, -0.2) is 8.78 Å². The molecule has 2 aromatic rings. The molecule has 0 aliphatic rings. The lowest BCUT2D eigenvalue weighted by Gasteiger charge is -2.25. The molecule has 0 fully saturated rings. The molecule has 5 heteroatoms. The second kappa shape index (κ2) is 6.83. The van der Waals surface area contributed by atoms with Crippen LogP contribution >= 0.6 is 0 Å². The van der Waals surface area contributed by atoms with E-state index < -0.39 is 11.6 Å². The van der Waals surface area contributed by atoms with Crippen molar-refractivity contribution in [2.75, 3.05) is 20.6 Å². The van der Waals surface area contributed by atoms with Crippen molar-refractivity contribution in [3.8, 4) is 0 Å². The molecule has 1 aromatic heterocycles. The minimum absolute atomic E-state index is 0.0563. The van der Waals surface area contributed by atoms with Crippen molar-refractivity contribution >= 4 is 0 Å². The predicted octanol–water partition coefficient (Wildman–Crippen LogP) is 3.51. The summed E-state index contributed by atoms with van der Waals surface area (Å²) in [6.07, 6.45) is 1.64. The van der Waals surface area contributed by atoms with Crippen LogP contribution in [0.4, 0.5) is 8.78 Å². The lowest BCUT2D eigenvalue weighted by molar-refractivity contribution is 0.245. The van der Waals surface area contributed by atoms with Gasteiger partial charge in [-0.2, -0.15) is 0 Å². The third kappa shape index (κ3) is 4.12. The van der Waals surface area contributed by atoms with Crippen molar-refractivity contribution in [3.05, 3.63) is 59.6 Å². The molecule has 1 heterocycles. The summed E-state index contributed by atoms with van der Waals surface area (Å²) in [5.74, 6) is -0.271. The number of hydrogen-bond donors (Lipinski definition) is 1. The Kier molecular flexibility index (Phi) is 5.09. The molecule has 0 aliphatic heterocycles. The van der Waals surface area contributed by atoms with Crippen LogP contribution in [-0.4, -0.2) is 25.5 Å². The molecule has 0 aliphatic carbocycles. The second-order valence-corrected chi connectivity index (χ2v) is 5.33. The fraction of sp³-hybridized carbons (Fsp3) is 0.375. The van der Waals surface area contributed by atoms with E-state index in [0.29, 0.717) is 12.1 Å². The zero-order valence-electron chi connectivity index (χ0n) is 12.4. The molecule has 0 bridgehead atoms. The first-order chi connectivity index (χ1) is 9.97. The summed E-state index contributed by atoms with van der Waals surface area (Å²) >= 11 is 0. The first-order valence-corrected chi connectivity index (χ1v) is 6.86. The van der Waals surface area contributed by atoms with Crippen LogP contribution in [0, 0.1) is 11.6 Å². The topological polar surface area (TPSA) is 28.4 Å². The first-order valence-electron chi connectivity index (χ1n) is 6.86. The van der Waals surface area contributed by atoms with E-state index in [1.54, 1.807) is 6.26 Å². The van der Waals surface area contributed by atoms with Gasteiger partial charge in [-0.15, -0.1) is 0 Å². The zero-order valence-corrected chi connectivity index (χ0v) is 12.4. The molecule has 2 atom stereocenters. The van der Waals surface area contributed by atoms with Crippen LogP contribution in [0.3, 0.4) is 0 Å². The van der Waals surface area contributed by atoms with E-state index in [1.807, 2.05) is 38.1 Å². The number of nitrogens with one attached hydrogen (secondary N) is 1. The Balaban J connectivity index is 2.03. The van der Waals surface area contributed by atoms with Crippen LogP contribution in [0.2, 0.25) is 0 Å². The molecule has 0 saturated carbocycles. The minimum Gasteiger partial charge on any atom is -0.468 e.